The van der Waals surface area contributed by atoms with Crippen molar-refractivity contribution in [2.75, 3.05) is 24.1 Å². The van der Waals surface area contributed by atoms with Crippen molar-refractivity contribution >= 4 is 29.0 Å². The largest absolute Gasteiger partial charge is 0.370 e. The number of rotatable bonds is 6. The van der Waals surface area contributed by atoms with Gasteiger partial charge in [0.2, 0.25) is 11.9 Å². The van der Waals surface area contributed by atoms with Gasteiger partial charge in [-0.1, -0.05) is 19.4 Å². The molecule has 0 atom stereocenters. The van der Waals surface area contributed by atoms with Crippen molar-refractivity contribution in [2.45, 2.75) is 39.2 Å². The average molecular weight is 345 g/mol. The average Bonchev–Trinajstić information content (AvgIpc) is 3.07. The van der Waals surface area contributed by atoms with Gasteiger partial charge in [0.05, 0.1) is 18.7 Å². The third-order valence-corrected chi connectivity index (χ3v) is 5.04. The highest BCUT2D eigenvalue weighted by molar-refractivity contribution is 7.10. The quantitative estimate of drug-likeness (QED) is 0.786. The van der Waals surface area contributed by atoms with E-state index >= 15 is 0 Å². The number of amides is 1. The summed E-state index contributed by atoms with van der Waals surface area (Å²) < 4.78 is 0. The number of thiophene rings is 1. The van der Waals surface area contributed by atoms with Gasteiger partial charge in [0.1, 0.15) is 5.82 Å². The van der Waals surface area contributed by atoms with E-state index in [0.717, 1.165) is 47.8 Å². The standard InChI is InChI=1S/C17H23N5OS/c1-2-3-7-19-16-13-6-8-22(11-14(13)20-17(18)21-16)15(23)10-12-5-4-9-24-12/h4-5,9H,2-3,6-8,10-11H2,1H3,(H3,18,19,20,21). The van der Waals surface area contributed by atoms with Gasteiger partial charge in [-0.2, -0.15) is 4.98 Å². The molecule has 6 nitrogen and oxygen atoms in total. The van der Waals surface area contributed by atoms with E-state index in [1.54, 1.807) is 11.3 Å². The summed E-state index contributed by atoms with van der Waals surface area (Å²) in [5.74, 6) is 1.23. The summed E-state index contributed by atoms with van der Waals surface area (Å²) in [5, 5.41) is 5.36. The molecule has 0 unspecified atom stereocenters. The Morgan fingerprint density at radius 3 is 3.08 bits per heavy atom. The van der Waals surface area contributed by atoms with E-state index in [1.165, 1.54) is 0 Å². The third kappa shape index (κ3) is 3.84. The molecule has 3 N–H and O–H groups in total. The lowest BCUT2D eigenvalue weighted by atomic mass is 10.0. The topological polar surface area (TPSA) is 84.1 Å². The Balaban J connectivity index is 1.71. The van der Waals surface area contributed by atoms with Crippen LogP contribution in [0.3, 0.4) is 0 Å². The zero-order chi connectivity index (χ0) is 16.9. The zero-order valence-electron chi connectivity index (χ0n) is 13.9. The van der Waals surface area contributed by atoms with Crippen LogP contribution in [0.15, 0.2) is 17.5 Å². The molecule has 2 aromatic heterocycles. The van der Waals surface area contributed by atoms with E-state index < -0.39 is 0 Å². The molecule has 1 aliphatic rings. The van der Waals surface area contributed by atoms with E-state index in [9.17, 15) is 4.79 Å². The van der Waals surface area contributed by atoms with Gasteiger partial charge in [0.15, 0.2) is 0 Å². The predicted octanol–water partition coefficient (Wildman–Crippen LogP) is 2.46. The molecule has 0 saturated carbocycles. The van der Waals surface area contributed by atoms with Crippen LogP contribution in [0.4, 0.5) is 11.8 Å². The van der Waals surface area contributed by atoms with Gasteiger partial charge in [-0.05, 0) is 24.3 Å². The number of anilines is 2. The van der Waals surface area contributed by atoms with Crippen molar-refractivity contribution in [1.29, 1.82) is 0 Å². The van der Waals surface area contributed by atoms with Crippen LogP contribution in [0.25, 0.3) is 0 Å². The summed E-state index contributed by atoms with van der Waals surface area (Å²) in [6.45, 7) is 4.24. The van der Waals surface area contributed by atoms with Crippen LogP contribution in [0, 0.1) is 0 Å². The molecule has 1 amide bonds. The van der Waals surface area contributed by atoms with Crippen LogP contribution in [0.2, 0.25) is 0 Å². The number of unbranched alkanes of at least 4 members (excludes halogenated alkanes) is 1. The Morgan fingerprint density at radius 2 is 2.33 bits per heavy atom. The number of fused-ring (bicyclic) bond motifs is 1. The van der Waals surface area contributed by atoms with Crippen LogP contribution in [0.5, 0.6) is 0 Å². The number of aromatic nitrogens is 2. The number of carbonyl (C=O) groups excluding carboxylic acids is 1. The van der Waals surface area contributed by atoms with Crippen LogP contribution in [-0.2, 0) is 24.2 Å². The summed E-state index contributed by atoms with van der Waals surface area (Å²) in [7, 11) is 0. The fraction of sp³-hybridized carbons (Fsp3) is 0.471. The Morgan fingerprint density at radius 1 is 1.46 bits per heavy atom. The van der Waals surface area contributed by atoms with Crippen molar-refractivity contribution in [2.24, 2.45) is 0 Å². The van der Waals surface area contributed by atoms with Crippen molar-refractivity contribution in [1.82, 2.24) is 14.9 Å². The SMILES string of the molecule is CCCCNc1nc(N)nc2c1CCN(C(=O)Cc1cccs1)C2. The minimum absolute atomic E-state index is 0.140. The monoisotopic (exact) mass is 345 g/mol. The van der Waals surface area contributed by atoms with Gasteiger partial charge in [0, 0.05) is 23.5 Å². The molecule has 1 aliphatic heterocycles. The fourth-order valence-electron chi connectivity index (χ4n) is 2.87. The zero-order valence-corrected chi connectivity index (χ0v) is 14.7. The number of hydrogen-bond donors (Lipinski definition) is 2. The first-order chi connectivity index (χ1) is 11.7. The molecule has 24 heavy (non-hydrogen) atoms. The number of nitrogen functional groups attached to an aromatic ring is 1. The van der Waals surface area contributed by atoms with Gasteiger partial charge >= 0.3 is 0 Å². The Bertz CT molecular complexity index is 701. The fourth-order valence-corrected chi connectivity index (χ4v) is 3.56. The second-order valence-corrected chi connectivity index (χ2v) is 6.99. The summed E-state index contributed by atoms with van der Waals surface area (Å²) in [6, 6.07) is 3.97. The first-order valence-corrected chi connectivity index (χ1v) is 9.24. The Hall–Kier alpha value is -2.15. The molecule has 0 fully saturated rings. The van der Waals surface area contributed by atoms with Crippen LogP contribution >= 0.6 is 11.3 Å². The van der Waals surface area contributed by atoms with Crippen LogP contribution in [-0.4, -0.2) is 33.9 Å². The van der Waals surface area contributed by atoms with Gasteiger partial charge < -0.3 is 16.0 Å². The molecule has 3 rings (SSSR count). The van der Waals surface area contributed by atoms with E-state index in [-0.39, 0.29) is 11.9 Å². The maximum absolute atomic E-state index is 12.5. The number of nitrogens with two attached hydrogens (primary N) is 1. The normalized spacial score (nSPS) is 13.6. The molecule has 0 bridgehead atoms. The van der Waals surface area contributed by atoms with Gasteiger partial charge in [0.25, 0.3) is 0 Å². The summed E-state index contributed by atoms with van der Waals surface area (Å²) in [4.78, 5) is 24.2. The third-order valence-electron chi connectivity index (χ3n) is 4.16. The van der Waals surface area contributed by atoms with Gasteiger partial charge in [-0.15, -0.1) is 11.3 Å². The maximum Gasteiger partial charge on any atom is 0.228 e. The molecule has 3 heterocycles. The minimum atomic E-state index is 0.140. The summed E-state index contributed by atoms with van der Waals surface area (Å²) in [6.07, 6.45) is 3.43. The molecule has 0 aliphatic carbocycles. The smallest absolute Gasteiger partial charge is 0.228 e. The second-order valence-electron chi connectivity index (χ2n) is 5.96. The molecule has 0 radical (unpaired) electrons. The van der Waals surface area contributed by atoms with Crippen molar-refractivity contribution < 1.29 is 4.79 Å². The highest BCUT2D eigenvalue weighted by Crippen LogP contribution is 2.25. The second kappa shape index (κ2) is 7.61. The highest BCUT2D eigenvalue weighted by atomic mass is 32.1. The molecule has 0 spiro atoms. The maximum atomic E-state index is 12.5. The number of nitrogens with zero attached hydrogens (tertiary/aromatic N) is 3. The van der Waals surface area contributed by atoms with E-state index in [4.69, 9.17) is 5.73 Å². The van der Waals surface area contributed by atoms with Crippen LogP contribution in [0.1, 0.15) is 35.9 Å². The van der Waals surface area contributed by atoms with Crippen molar-refractivity contribution in [3.63, 3.8) is 0 Å². The summed E-state index contributed by atoms with van der Waals surface area (Å²) >= 11 is 1.61. The molecule has 7 heteroatoms. The van der Waals surface area contributed by atoms with Gasteiger partial charge in [-0.25, -0.2) is 4.98 Å². The first kappa shape index (κ1) is 16.7. The number of carbonyl (C=O) groups is 1. The van der Waals surface area contributed by atoms with Crippen LogP contribution < -0.4 is 11.1 Å². The van der Waals surface area contributed by atoms with Crippen molar-refractivity contribution in [3.05, 3.63) is 33.6 Å². The molecular weight excluding hydrogens is 322 g/mol. The minimum Gasteiger partial charge on any atom is -0.370 e. The molecule has 0 saturated heterocycles. The molecular formula is C17H23N5OS. The lowest BCUT2D eigenvalue weighted by molar-refractivity contribution is -0.131. The number of nitrogens with one attached hydrogen (secondary N) is 1. The van der Waals surface area contributed by atoms with Gasteiger partial charge in [-0.3, -0.25) is 4.79 Å². The number of hydrogen-bond acceptors (Lipinski definition) is 6. The highest BCUT2D eigenvalue weighted by Gasteiger charge is 2.25. The molecule has 2 aromatic rings. The Kier molecular flexibility index (Phi) is 5.30. The van der Waals surface area contributed by atoms with E-state index in [2.05, 4.69) is 22.2 Å². The first-order valence-electron chi connectivity index (χ1n) is 8.36. The molecule has 128 valence electrons. The molecule has 0 aromatic carbocycles. The lowest BCUT2D eigenvalue weighted by Crippen LogP contribution is -2.38. The predicted molar refractivity (Wildman–Crippen MR) is 97.0 cm³/mol. The van der Waals surface area contributed by atoms with Crippen molar-refractivity contribution in [3.8, 4) is 0 Å². The van der Waals surface area contributed by atoms with E-state index in [1.807, 2.05) is 22.4 Å². The van der Waals surface area contributed by atoms with E-state index in [0.29, 0.717) is 19.5 Å². The Labute approximate surface area is 146 Å². The lowest BCUT2D eigenvalue weighted by Gasteiger charge is -2.29. The summed E-state index contributed by atoms with van der Waals surface area (Å²) in [5.41, 5.74) is 7.82.